The molecule has 96 valence electrons. The van der Waals surface area contributed by atoms with Gasteiger partial charge in [-0.25, -0.2) is 4.39 Å². The van der Waals surface area contributed by atoms with E-state index in [4.69, 9.17) is 11.6 Å². The molecular formula is C13H19ClFNO. The zero-order valence-corrected chi connectivity index (χ0v) is 11.1. The third-order valence-electron chi connectivity index (χ3n) is 3.11. The molecule has 0 spiro atoms. The summed E-state index contributed by atoms with van der Waals surface area (Å²) in [6.45, 7) is 4.19. The zero-order chi connectivity index (χ0) is 13.0. The predicted molar refractivity (Wildman–Crippen MR) is 68.6 cm³/mol. The summed E-state index contributed by atoms with van der Waals surface area (Å²) in [5.74, 6) is -0.0295. The molecule has 0 heterocycles. The van der Waals surface area contributed by atoms with Crippen LogP contribution in [-0.2, 0) is 0 Å². The van der Waals surface area contributed by atoms with Crippen LogP contribution in [0.2, 0.25) is 5.02 Å². The summed E-state index contributed by atoms with van der Waals surface area (Å²) < 4.78 is 13.1. The highest BCUT2D eigenvalue weighted by molar-refractivity contribution is 6.30. The highest BCUT2D eigenvalue weighted by Crippen LogP contribution is 2.29. The quantitative estimate of drug-likeness (QED) is 0.852. The fourth-order valence-electron chi connectivity index (χ4n) is 2.03. The minimum Gasteiger partial charge on any atom is -0.396 e. The maximum Gasteiger partial charge on any atom is 0.141 e. The van der Waals surface area contributed by atoms with E-state index in [0.717, 1.165) is 5.56 Å². The van der Waals surface area contributed by atoms with Crippen LogP contribution in [0, 0.1) is 17.7 Å². The molecule has 0 aliphatic rings. The molecule has 2 unspecified atom stereocenters. The molecule has 1 aromatic carbocycles. The van der Waals surface area contributed by atoms with Gasteiger partial charge in [-0.15, -0.1) is 0 Å². The molecule has 2 nitrogen and oxygen atoms in total. The van der Waals surface area contributed by atoms with Gasteiger partial charge in [0.25, 0.3) is 0 Å². The first-order valence-corrected chi connectivity index (χ1v) is 6.12. The number of halogens is 2. The second-order valence-electron chi connectivity index (χ2n) is 4.53. The van der Waals surface area contributed by atoms with Gasteiger partial charge in [0.05, 0.1) is 5.02 Å². The molecule has 17 heavy (non-hydrogen) atoms. The van der Waals surface area contributed by atoms with Gasteiger partial charge in [0.15, 0.2) is 0 Å². The fraction of sp³-hybridized carbons (Fsp3) is 0.538. The molecule has 1 aromatic rings. The van der Waals surface area contributed by atoms with Crippen molar-refractivity contribution in [3.05, 3.63) is 34.6 Å². The van der Waals surface area contributed by atoms with Crippen molar-refractivity contribution < 1.29 is 9.50 Å². The Labute approximate surface area is 107 Å². The van der Waals surface area contributed by atoms with E-state index in [1.807, 2.05) is 7.05 Å². The summed E-state index contributed by atoms with van der Waals surface area (Å²) in [7, 11) is 1.83. The average molecular weight is 260 g/mol. The van der Waals surface area contributed by atoms with Crippen LogP contribution >= 0.6 is 11.6 Å². The van der Waals surface area contributed by atoms with Crippen LogP contribution in [0.4, 0.5) is 4.39 Å². The van der Waals surface area contributed by atoms with Gasteiger partial charge in [0, 0.05) is 18.6 Å². The van der Waals surface area contributed by atoms with E-state index in [-0.39, 0.29) is 23.6 Å². The number of hydrogen-bond donors (Lipinski definition) is 2. The number of nitrogens with one attached hydrogen (secondary N) is 1. The molecular weight excluding hydrogens is 241 g/mol. The highest BCUT2D eigenvalue weighted by Gasteiger charge is 2.24. The van der Waals surface area contributed by atoms with Gasteiger partial charge in [-0.2, -0.15) is 0 Å². The lowest BCUT2D eigenvalue weighted by molar-refractivity contribution is 0.154. The first kappa shape index (κ1) is 14.4. The number of benzene rings is 1. The van der Waals surface area contributed by atoms with Crippen LogP contribution in [-0.4, -0.2) is 18.8 Å². The maximum atomic E-state index is 13.1. The highest BCUT2D eigenvalue weighted by atomic mass is 35.5. The van der Waals surface area contributed by atoms with Crippen LogP contribution in [0.3, 0.4) is 0 Å². The third-order valence-corrected chi connectivity index (χ3v) is 3.40. The van der Waals surface area contributed by atoms with E-state index in [1.54, 1.807) is 12.1 Å². The number of aliphatic hydroxyl groups excluding tert-OH is 1. The smallest absolute Gasteiger partial charge is 0.141 e. The van der Waals surface area contributed by atoms with Crippen molar-refractivity contribution in [2.24, 2.45) is 11.8 Å². The Morgan fingerprint density at radius 3 is 2.47 bits per heavy atom. The Morgan fingerprint density at radius 2 is 2.06 bits per heavy atom. The van der Waals surface area contributed by atoms with E-state index in [1.165, 1.54) is 6.07 Å². The lowest BCUT2D eigenvalue weighted by Gasteiger charge is -2.29. The van der Waals surface area contributed by atoms with Crippen LogP contribution in [0.1, 0.15) is 25.5 Å². The normalized spacial score (nSPS) is 15.0. The van der Waals surface area contributed by atoms with Crippen molar-refractivity contribution in [2.75, 3.05) is 13.7 Å². The van der Waals surface area contributed by atoms with Gasteiger partial charge < -0.3 is 10.4 Å². The van der Waals surface area contributed by atoms with Gasteiger partial charge in [-0.1, -0.05) is 31.5 Å². The van der Waals surface area contributed by atoms with Crippen LogP contribution < -0.4 is 5.32 Å². The lowest BCUT2D eigenvalue weighted by Crippen LogP contribution is -2.31. The zero-order valence-electron chi connectivity index (χ0n) is 10.4. The molecule has 4 heteroatoms. The Kier molecular flexibility index (Phi) is 5.37. The molecule has 0 radical (unpaired) electrons. The van der Waals surface area contributed by atoms with Gasteiger partial charge in [-0.05, 0) is 30.7 Å². The Hall–Kier alpha value is -0.640. The molecule has 0 fully saturated rings. The van der Waals surface area contributed by atoms with Crippen molar-refractivity contribution in [1.29, 1.82) is 0 Å². The summed E-state index contributed by atoms with van der Waals surface area (Å²) in [5.41, 5.74) is 0.895. The second kappa shape index (κ2) is 6.34. The largest absolute Gasteiger partial charge is 0.396 e. The molecule has 0 amide bonds. The van der Waals surface area contributed by atoms with Crippen molar-refractivity contribution >= 4 is 11.6 Å². The summed E-state index contributed by atoms with van der Waals surface area (Å²) in [6, 6.07) is 4.64. The summed E-state index contributed by atoms with van der Waals surface area (Å²) in [4.78, 5) is 0. The molecule has 0 aromatic heterocycles. The first-order valence-electron chi connectivity index (χ1n) is 5.74. The third kappa shape index (κ3) is 3.41. The second-order valence-corrected chi connectivity index (χ2v) is 4.94. The molecule has 2 N–H and O–H groups in total. The van der Waals surface area contributed by atoms with Crippen molar-refractivity contribution in [3.63, 3.8) is 0 Å². The van der Waals surface area contributed by atoms with E-state index in [2.05, 4.69) is 19.2 Å². The standard InChI is InChI=1S/C13H19ClFNO/c1-8(2)10(7-17)13(16-3)9-4-5-12(15)11(14)6-9/h4-6,8,10,13,16-17H,7H2,1-3H3. The Morgan fingerprint density at radius 1 is 1.41 bits per heavy atom. The molecule has 0 bridgehead atoms. The minimum absolute atomic E-state index is 0.0295. The van der Waals surface area contributed by atoms with Crippen molar-refractivity contribution in [2.45, 2.75) is 19.9 Å². The van der Waals surface area contributed by atoms with E-state index in [9.17, 15) is 9.50 Å². The number of rotatable bonds is 5. The van der Waals surface area contributed by atoms with E-state index in [0.29, 0.717) is 5.92 Å². The van der Waals surface area contributed by atoms with Crippen LogP contribution in [0.25, 0.3) is 0 Å². The lowest BCUT2D eigenvalue weighted by atomic mass is 9.85. The molecule has 1 rings (SSSR count). The van der Waals surface area contributed by atoms with Gasteiger partial charge >= 0.3 is 0 Å². The van der Waals surface area contributed by atoms with Gasteiger partial charge in [0.2, 0.25) is 0 Å². The minimum atomic E-state index is -0.421. The molecule has 2 atom stereocenters. The van der Waals surface area contributed by atoms with Gasteiger partial charge in [-0.3, -0.25) is 0 Å². The molecule has 0 saturated carbocycles. The van der Waals surface area contributed by atoms with E-state index < -0.39 is 5.82 Å². The van der Waals surface area contributed by atoms with Crippen LogP contribution in [0.15, 0.2) is 18.2 Å². The average Bonchev–Trinajstić information content (AvgIpc) is 2.29. The SMILES string of the molecule is CNC(c1ccc(F)c(Cl)c1)C(CO)C(C)C. The van der Waals surface area contributed by atoms with Gasteiger partial charge in [0.1, 0.15) is 5.82 Å². The summed E-state index contributed by atoms with van der Waals surface area (Å²) in [6.07, 6.45) is 0. The topological polar surface area (TPSA) is 32.3 Å². The first-order chi connectivity index (χ1) is 8.01. The predicted octanol–water partition coefficient (Wildman–Crippen LogP) is 3.00. The monoisotopic (exact) mass is 259 g/mol. The van der Waals surface area contributed by atoms with E-state index >= 15 is 0 Å². The summed E-state index contributed by atoms with van der Waals surface area (Å²) in [5, 5.41) is 12.7. The molecule has 0 aliphatic heterocycles. The molecule has 0 aliphatic carbocycles. The van der Waals surface area contributed by atoms with Crippen molar-refractivity contribution in [3.8, 4) is 0 Å². The number of hydrogen-bond acceptors (Lipinski definition) is 2. The Balaban J connectivity index is 3.03. The Bertz CT molecular complexity index is 370. The maximum absolute atomic E-state index is 13.1. The molecule has 0 saturated heterocycles. The summed E-state index contributed by atoms with van der Waals surface area (Å²) >= 11 is 5.78. The van der Waals surface area contributed by atoms with Crippen molar-refractivity contribution in [1.82, 2.24) is 5.32 Å². The fourth-order valence-corrected chi connectivity index (χ4v) is 2.22. The number of aliphatic hydroxyl groups is 1. The van der Waals surface area contributed by atoms with Crippen LogP contribution in [0.5, 0.6) is 0 Å².